The maximum absolute atomic E-state index is 12.6. The second-order valence-electron chi connectivity index (χ2n) is 6.40. The van der Waals surface area contributed by atoms with Gasteiger partial charge in [0, 0.05) is 22.9 Å². The van der Waals surface area contributed by atoms with E-state index >= 15 is 0 Å². The van der Waals surface area contributed by atoms with Gasteiger partial charge in [0.25, 0.3) is 0 Å². The Morgan fingerprint density at radius 1 is 1.22 bits per heavy atom. The van der Waals surface area contributed by atoms with Gasteiger partial charge in [0.15, 0.2) is 15.8 Å². The number of halogens is 3. The van der Waals surface area contributed by atoms with Crippen LogP contribution in [0.1, 0.15) is 66.2 Å². The molecule has 10 heteroatoms. The summed E-state index contributed by atoms with van der Waals surface area (Å²) in [6, 6.07) is 0. The quantitative estimate of drug-likeness (QED) is 0.201. The third kappa shape index (κ3) is 5.13. The van der Waals surface area contributed by atoms with Crippen LogP contribution in [0.4, 0.5) is 13.2 Å². The number of unbranched alkanes of at least 4 members (excludes halogenated alkanes) is 2. The molecule has 5 nitrogen and oxygen atoms in total. The molecule has 0 saturated heterocycles. The van der Waals surface area contributed by atoms with E-state index in [4.69, 9.17) is 5.84 Å². The molecule has 1 saturated carbocycles. The highest BCUT2D eigenvalue weighted by molar-refractivity contribution is 7.20. The molecule has 0 atom stereocenters. The van der Waals surface area contributed by atoms with Gasteiger partial charge in [-0.25, -0.2) is 9.97 Å². The van der Waals surface area contributed by atoms with Crippen molar-refractivity contribution < 1.29 is 18.0 Å². The zero-order valence-corrected chi connectivity index (χ0v) is 16.1. The van der Waals surface area contributed by atoms with Crippen molar-refractivity contribution in [1.29, 1.82) is 0 Å². The van der Waals surface area contributed by atoms with Gasteiger partial charge in [0.05, 0.1) is 0 Å². The number of hydrogen-bond acceptors (Lipinski definition) is 7. The number of hydrazone groups is 1. The third-order valence-electron chi connectivity index (χ3n) is 4.28. The highest BCUT2D eigenvalue weighted by atomic mass is 32.1. The van der Waals surface area contributed by atoms with Gasteiger partial charge in [0.2, 0.25) is 0 Å². The number of nitrogens with two attached hydrogens (primary N) is 1. The number of thiazole rings is 2. The minimum atomic E-state index is -4.49. The van der Waals surface area contributed by atoms with Crippen molar-refractivity contribution in [2.45, 2.75) is 57.0 Å². The molecule has 2 heterocycles. The molecule has 2 aromatic heterocycles. The Morgan fingerprint density at radius 3 is 2.56 bits per heavy atom. The molecule has 0 unspecified atom stereocenters. The maximum atomic E-state index is 12.6. The fraction of sp³-hybridized carbons (Fsp3) is 0.529. The number of hydrogen-bond donors (Lipinski definition) is 1. The molecule has 0 spiro atoms. The number of aromatic nitrogens is 2. The molecule has 2 aromatic rings. The van der Waals surface area contributed by atoms with Gasteiger partial charge in [-0.3, -0.25) is 4.79 Å². The molecule has 27 heavy (non-hydrogen) atoms. The minimum Gasteiger partial charge on any atom is -0.323 e. The maximum Gasteiger partial charge on any atom is 0.431 e. The Kier molecular flexibility index (Phi) is 6.25. The first-order chi connectivity index (χ1) is 12.9. The predicted octanol–water partition coefficient (Wildman–Crippen LogP) is 5.15. The molecule has 0 aliphatic heterocycles. The van der Waals surface area contributed by atoms with Gasteiger partial charge < -0.3 is 5.84 Å². The number of alkyl halides is 3. The van der Waals surface area contributed by atoms with Gasteiger partial charge in [0.1, 0.15) is 11.4 Å². The van der Waals surface area contributed by atoms with E-state index in [2.05, 4.69) is 15.1 Å². The first kappa shape index (κ1) is 19.9. The number of ketones is 1. The average molecular weight is 416 g/mol. The Balaban J connectivity index is 1.54. The van der Waals surface area contributed by atoms with Crippen molar-refractivity contribution in [2.75, 3.05) is 0 Å². The summed E-state index contributed by atoms with van der Waals surface area (Å²) in [4.78, 5) is 22.4. The van der Waals surface area contributed by atoms with Crippen molar-refractivity contribution in [2.24, 2.45) is 10.9 Å². The van der Waals surface area contributed by atoms with Crippen molar-refractivity contribution >= 4 is 34.2 Å². The topological polar surface area (TPSA) is 81.2 Å². The van der Waals surface area contributed by atoms with Crippen LogP contribution in [0.25, 0.3) is 10.0 Å². The van der Waals surface area contributed by atoms with Gasteiger partial charge in [-0.15, -0.1) is 22.7 Å². The first-order valence-corrected chi connectivity index (χ1v) is 10.4. The Morgan fingerprint density at radius 2 is 1.96 bits per heavy atom. The van der Waals surface area contributed by atoms with Gasteiger partial charge >= 0.3 is 6.18 Å². The lowest BCUT2D eigenvalue weighted by molar-refractivity contribution is -0.0608. The Labute approximate surface area is 162 Å². The fourth-order valence-electron chi connectivity index (χ4n) is 2.73. The van der Waals surface area contributed by atoms with E-state index in [0.29, 0.717) is 30.9 Å². The standard InChI is InChI=1S/C17H19F3N4OS2/c18-17(19,20)12(24-21)5-3-1-2-4-11(25)13-14(10-6-7-10)27-16(23-13)15-22-8-9-26-15/h8-10H,1-7,21H2/b24-12-. The van der Waals surface area contributed by atoms with E-state index in [1.807, 2.05) is 5.38 Å². The molecule has 1 aliphatic carbocycles. The first-order valence-electron chi connectivity index (χ1n) is 8.68. The van der Waals surface area contributed by atoms with Crippen molar-refractivity contribution in [1.82, 2.24) is 9.97 Å². The largest absolute Gasteiger partial charge is 0.431 e. The van der Waals surface area contributed by atoms with Crippen molar-refractivity contribution in [3.8, 4) is 10.0 Å². The molecule has 0 aromatic carbocycles. The Bertz CT molecular complexity index is 811. The number of nitrogens with zero attached hydrogens (tertiary/aromatic N) is 3. The van der Waals surface area contributed by atoms with Gasteiger partial charge in [-0.1, -0.05) is 6.42 Å². The summed E-state index contributed by atoms with van der Waals surface area (Å²) in [5, 5.41) is 6.26. The molecule has 0 radical (unpaired) electrons. The highest BCUT2D eigenvalue weighted by Crippen LogP contribution is 2.46. The summed E-state index contributed by atoms with van der Waals surface area (Å²) in [5.41, 5.74) is -0.440. The normalized spacial score (nSPS) is 15.3. The molecule has 2 N–H and O–H groups in total. The van der Waals surface area contributed by atoms with E-state index in [1.165, 1.54) is 22.7 Å². The summed E-state index contributed by atoms with van der Waals surface area (Å²) < 4.78 is 37.6. The smallest absolute Gasteiger partial charge is 0.323 e. The highest BCUT2D eigenvalue weighted by Gasteiger charge is 2.35. The van der Waals surface area contributed by atoms with E-state index in [0.717, 1.165) is 27.7 Å². The van der Waals surface area contributed by atoms with Crippen LogP contribution in [0.5, 0.6) is 0 Å². The lowest BCUT2D eigenvalue weighted by Gasteiger charge is -2.08. The van der Waals surface area contributed by atoms with E-state index in [-0.39, 0.29) is 18.6 Å². The zero-order chi connectivity index (χ0) is 19.4. The SMILES string of the molecule is N/N=C(/CCCCCC(=O)c1nc(-c2nccs2)sc1C1CC1)C(F)(F)F. The van der Waals surface area contributed by atoms with Crippen molar-refractivity contribution in [3.05, 3.63) is 22.1 Å². The molecule has 0 bridgehead atoms. The summed E-state index contributed by atoms with van der Waals surface area (Å²) in [7, 11) is 0. The molecule has 0 amide bonds. The van der Waals surface area contributed by atoms with Crippen molar-refractivity contribution in [3.63, 3.8) is 0 Å². The fourth-order valence-corrected chi connectivity index (χ4v) is 4.66. The summed E-state index contributed by atoms with van der Waals surface area (Å²) in [6.07, 6.45) is 0.715. The number of Topliss-reactive ketones (excluding diaryl/α,β-unsaturated/α-hetero) is 1. The van der Waals surface area contributed by atoms with Crippen LogP contribution >= 0.6 is 22.7 Å². The molecule has 1 aliphatic rings. The van der Waals surface area contributed by atoms with E-state index < -0.39 is 11.9 Å². The lowest BCUT2D eigenvalue weighted by Crippen LogP contribution is -2.24. The van der Waals surface area contributed by atoms with Crippen LogP contribution in [0.15, 0.2) is 16.7 Å². The summed E-state index contributed by atoms with van der Waals surface area (Å²) >= 11 is 3.02. The second-order valence-corrected chi connectivity index (χ2v) is 8.33. The number of carbonyl (C=O) groups excluding carboxylic acids is 1. The molecular formula is C17H19F3N4OS2. The van der Waals surface area contributed by atoms with Crippen LogP contribution in [-0.2, 0) is 0 Å². The molecule has 1 fully saturated rings. The van der Waals surface area contributed by atoms with E-state index in [1.54, 1.807) is 6.20 Å². The van der Waals surface area contributed by atoms with Crippen LogP contribution in [-0.4, -0.2) is 27.6 Å². The second kappa shape index (κ2) is 8.47. The summed E-state index contributed by atoms with van der Waals surface area (Å²) in [6.45, 7) is 0. The number of carbonyl (C=O) groups is 1. The molecular weight excluding hydrogens is 397 g/mol. The number of rotatable bonds is 9. The van der Waals surface area contributed by atoms with Crippen LogP contribution in [0.3, 0.4) is 0 Å². The zero-order valence-electron chi connectivity index (χ0n) is 14.5. The van der Waals surface area contributed by atoms with Gasteiger partial charge in [-0.05, 0) is 38.0 Å². The van der Waals surface area contributed by atoms with Gasteiger partial charge in [-0.2, -0.15) is 18.3 Å². The van der Waals surface area contributed by atoms with E-state index in [9.17, 15) is 18.0 Å². The minimum absolute atomic E-state index is 0.0421. The monoisotopic (exact) mass is 416 g/mol. The third-order valence-corrected chi connectivity index (χ3v) is 6.41. The molecule has 146 valence electrons. The average Bonchev–Trinajstić information content (AvgIpc) is 3.14. The summed E-state index contributed by atoms with van der Waals surface area (Å²) in [5.74, 6) is 5.16. The molecule has 3 rings (SSSR count). The van der Waals surface area contributed by atoms with Crippen LogP contribution < -0.4 is 5.84 Å². The Hall–Kier alpha value is -1.81. The van der Waals surface area contributed by atoms with Crippen LogP contribution in [0, 0.1) is 0 Å². The predicted molar refractivity (Wildman–Crippen MR) is 100 cm³/mol. The lowest BCUT2D eigenvalue weighted by atomic mass is 10.1. The van der Waals surface area contributed by atoms with Crippen LogP contribution in [0.2, 0.25) is 0 Å².